The summed E-state index contributed by atoms with van der Waals surface area (Å²) in [7, 11) is 0. The topological polar surface area (TPSA) is 117 Å². The first-order valence-electron chi connectivity index (χ1n) is 5.11. The Bertz CT molecular complexity index is 627. The van der Waals surface area contributed by atoms with Crippen molar-refractivity contribution in [2.45, 2.75) is 6.92 Å². The van der Waals surface area contributed by atoms with Gasteiger partial charge in [-0.2, -0.15) is 0 Å². The molecule has 0 fully saturated rings. The Morgan fingerprint density at radius 1 is 1.26 bits per heavy atom. The summed E-state index contributed by atoms with van der Waals surface area (Å²) in [5, 5.41) is 22.3. The van der Waals surface area contributed by atoms with Gasteiger partial charge in [-0.05, 0) is 13.0 Å². The maximum Gasteiger partial charge on any atom is 0.337 e. The molecule has 0 spiro atoms. The molecule has 98 valence electrons. The molecule has 0 unspecified atom stereocenters. The maximum atomic E-state index is 11.6. The summed E-state index contributed by atoms with van der Waals surface area (Å²) in [6.07, 6.45) is 2.54. The van der Waals surface area contributed by atoms with Crippen molar-refractivity contribution in [1.29, 1.82) is 0 Å². The molecule has 2 aromatic rings. The van der Waals surface area contributed by atoms with Gasteiger partial charge in [0.1, 0.15) is 5.01 Å². The Morgan fingerprint density at radius 2 is 2.05 bits per heavy atom. The number of carboxylic acids is 1. The average molecular weight is 279 g/mol. The summed E-state index contributed by atoms with van der Waals surface area (Å²) in [6, 6.07) is 0.765. The molecule has 8 nitrogen and oxygen atoms in total. The van der Waals surface area contributed by atoms with E-state index in [0.29, 0.717) is 5.13 Å². The lowest BCUT2D eigenvalue weighted by molar-refractivity contribution is 0.0696. The predicted molar refractivity (Wildman–Crippen MR) is 68.5 cm³/mol. The van der Waals surface area contributed by atoms with Crippen LogP contribution >= 0.6 is 11.3 Å². The molecule has 2 rings (SSSR count). The monoisotopic (exact) mass is 279 g/mol. The first-order valence-corrected chi connectivity index (χ1v) is 5.92. The van der Waals surface area contributed by atoms with Gasteiger partial charge in [-0.25, -0.2) is 9.59 Å². The van der Waals surface area contributed by atoms with E-state index in [4.69, 9.17) is 5.11 Å². The minimum absolute atomic E-state index is 0.00967. The van der Waals surface area contributed by atoms with Crippen LogP contribution in [0, 0.1) is 6.92 Å². The second-order valence-corrected chi connectivity index (χ2v) is 4.65. The number of aryl methyl sites for hydroxylation is 1. The van der Waals surface area contributed by atoms with E-state index in [2.05, 4.69) is 25.8 Å². The number of pyridine rings is 1. The molecule has 0 bridgehead atoms. The minimum atomic E-state index is -1.11. The van der Waals surface area contributed by atoms with Crippen LogP contribution in [0.1, 0.15) is 15.4 Å². The van der Waals surface area contributed by atoms with E-state index in [1.54, 1.807) is 6.92 Å². The van der Waals surface area contributed by atoms with Gasteiger partial charge in [0.05, 0.1) is 17.4 Å². The van der Waals surface area contributed by atoms with Crippen LogP contribution in [0.5, 0.6) is 0 Å². The van der Waals surface area contributed by atoms with E-state index in [0.717, 1.165) is 5.01 Å². The van der Waals surface area contributed by atoms with Crippen molar-refractivity contribution in [1.82, 2.24) is 15.2 Å². The second kappa shape index (κ2) is 5.40. The highest BCUT2D eigenvalue weighted by Crippen LogP contribution is 2.14. The van der Waals surface area contributed by atoms with Gasteiger partial charge < -0.3 is 10.4 Å². The Morgan fingerprint density at radius 3 is 2.68 bits per heavy atom. The predicted octanol–water partition coefficient (Wildman–Crippen LogP) is 1.58. The van der Waals surface area contributed by atoms with Crippen molar-refractivity contribution in [3.05, 3.63) is 29.0 Å². The van der Waals surface area contributed by atoms with Crippen LogP contribution < -0.4 is 10.6 Å². The molecule has 0 aromatic carbocycles. The smallest absolute Gasteiger partial charge is 0.337 e. The van der Waals surface area contributed by atoms with Crippen LogP contribution in [-0.4, -0.2) is 32.3 Å². The van der Waals surface area contributed by atoms with Gasteiger partial charge in [0, 0.05) is 6.20 Å². The molecule has 0 aliphatic rings. The summed E-state index contributed by atoms with van der Waals surface area (Å²) >= 11 is 1.23. The van der Waals surface area contributed by atoms with Gasteiger partial charge in [-0.3, -0.25) is 10.3 Å². The number of anilines is 2. The normalized spacial score (nSPS) is 9.95. The summed E-state index contributed by atoms with van der Waals surface area (Å²) < 4.78 is 0. The summed E-state index contributed by atoms with van der Waals surface area (Å²) in [4.78, 5) is 26.1. The van der Waals surface area contributed by atoms with Gasteiger partial charge in [0.25, 0.3) is 0 Å². The van der Waals surface area contributed by atoms with Crippen molar-refractivity contribution in [3.63, 3.8) is 0 Å². The van der Waals surface area contributed by atoms with Crippen LogP contribution in [0.3, 0.4) is 0 Å². The number of nitrogens with zero attached hydrogens (tertiary/aromatic N) is 3. The molecule has 0 saturated carbocycles. The van der Waals surface area contributed by atoms with E-state index in [9.17, 15) is 9.59 Å². The highest BCUT2D eigenvalue weighted by Gasteiger charge is 2.09. The van der Waals surface area contributed by atoms with Crippen molar-refractivity contribution < 1.29 is 14.7 Å². The van der Waals surface area contributed by atoms with Crippen molar-refractivity contribution in [2.75, 3.05) is 10.6 Å². The summed E-state index contributed by atoms with van der Waals surface area (Å²) in [6.45, 7) is 1.76. The number of carboxylic acid groups (broad SMARTS) is 1. The molecule has 2 aromatic heterocycles. The first kappa shape index (κ1) is 12.9. The van der Waals surface area contributed by atoms with E-state index in [1.807, 2.05) is 0 Å². The molecule has 0 aliphatic heterocycles. The second-order valence-electron chi connectivity index (χ2n) is 3.47. The largest absolute Gasteiger partial charge is 0.478 e. The Balaban J connectivity index is 2.02. The van der Waals surface area contributed by atoms with Crippen LogP contribution in [0.25, 0.3) is 0 Å². The third-order valence-corrected chi connectivity index (χ3v) is 2.74. The Hall–Kier alpha value is -2.55. The molecule has 0 radical (unpaired) electrons. The van der Waals surface area contributed by atoms with Crippen LogP contribution in [0.4, 0.5) is 15.6 Å². The van der Waals surface area contributed by atoms with Crippen molar-refractivity contribution in [3.8, 4) is 0 Å². The van der Waals surface area contributed by atoms with Gasteiger partial charge >= 0.3 is 12.0 Å². The van der Waals surface area contributed by atoms with Crippen molar-refractivity contribution in [2.24, 2.45) is 0 Å². The number of carbonyl (C=O) groups excluding carboxylic acids is 1. The summed E-state index contributed by atoms with van der Waals surface area (Å²) in [5.41, 5.74) is 0.267. The number of hydrogen-bond acceptors (Lipinski definition) is 6. The molecule has 0 atom stereocenters. The highest BCUT2D eigenvalue weighted by molar-refractivity contribution is 7.15. The fourth-order valence-corrected chi connectivity index (χ4v) is 1.82. The number of aromatic carboxylic acids is 1. The van der Waals surface area contributed by atoms with Gasteiger partial charge in [0.15, 0.2) is 0 Å². The zero-order chi connectivity index (χ0) is 13.8. The van der Waals surface area contributed by atoms with Gasteiger partial charge in [-0.1, -0.05) is 11.3 Å². The van der Waals surface area contributed by atoms with Gasteiger partial charge in [-0.15, -0.1) is 10.2 Å². The number of amides is 2. The lowest BCUT2D eigenvalue weighted by atomic mass is 10.3. The molecule has 2 amide bonds. The zero-order valence-electron chi connectivity index (χ0n) is 9.75. The van der Waals surface area contributed by atoms with Crippen LogP contribution in [0.15, 0.2) is 18.5 Å². The average Bonchev–Trinajstić information content (AvgIpc) is 2.74. The Kier molecular flexibility index (Phi) is 3.66. The van der Waals surface area contributed by atoms with Crippen LogP contribution in [0.2, 0.25) is 0 Å². The molecular formula is C10H9N5O3S. The minimum Gasteiger partial charge on any atom is -0.478 e. The molecule has 0 saturated heterocycles. The lowest BCUT2D eigenvalue weighted by Crippen LogP contribution is -2.19. The quantitative estimate of drug-likeness (QED) is 0.785. The zero-order valence-corrected chi connectivity index (χ0v) is 10.6. The van der Waals surface area contributed by atoms with E-state index in [1.165, 1.54) is 29.8 Å². The fourth-order valence-electron chi connectivity index (χ4n) is 1.23. The van der Waals surface area contributed by atoms with E-state index < -0.39 is 12.0 Å². The SMILES string of the molecule is Cc1nnc(NC(=O)Nc2cncc(C(=O)O)c2)s1. The number of urea groups is 1. The number of rotatable bonds is 3. The van der Waals surface area contributed by atoms with Crippen LogP contribution in [-0.2, 0) is 0 Å². The molecule has 0 aliphatic carbocycles. The number of carbonyl (C=O) groups is 2. The summed E-state index contributed by atoms with van der Waals surface area (Å²) in [5.74, 6) is -1.11. The lowest BCUT2D eigenvalue weighted by Gasteiger charge is -2.05. The van der Waals surface area contributed by atoms with E-state index in [-0.39, 0.29) is 11.3 Å². The number of nitrogens with one attached hydrogen (secondary N) is 2. The standard InChI is InChI=1S/C10H9N5O3S/c1-5-14-15-10(19-5)13-9(18)12-7-2-6(8(16)17)3-11-4-7/h2-4H,1H3,(H,16,17)(H2,12,13,15,18). The maximum absolute atomic E-state index is 11.6. The molecule has 19 heavy (non-hydrogen) atoms. The van der Waals surface area contributed by atoms with Gasteiger partial charge in [0.2, 0.25) is 5.13 Å². The number of aromatic nitrogens is 3. The Labute approximate surface area is 111 Å². The molecule has 9 heteroatoms. The third kappa shape index (κ3) is 3.45. The van der Waals surface area contributed by atoms with E-state index >= 15 is 0 Å². The fraction of sp³-hybridized carbons (Fsp3) is 0.100. The van der Waals surface area contributed by atoms with Crippen molar-refractivity contribution >= 4 is 34.2 Å². The third-order valence-electron chi connectivity index (χ3n) is 1.99. The first-order chi connectivity index (χ1) is 9.04. The molecule has 3 N–H and O–H groups in total. The molecular weight excluding hydrogens is 270 g/mol. The number of hydrogen-bond donors (Lipinski definition) is 3. The molecule has 2 heterocycles. The highest BCUT2D eigenvalue weighted by atomic mass is 32.1.